The number of hydrogen-bond acceptors (Lipinski definition) is 3. The Bertz CT molecular complexity index is 202. The van der Waals surface area contributed by atoms with Crippen LogP contribution in [0.25, 0.3) is 0 Å². The van der Waals surface area contributed by atoms with E-state index in [1.165, 1.54) is 0 Å². The van der Waals surface area contributed by atoms with Gasteiger partial charge in [-0.25, -0.2) is 0 Å². The highest BCUT2D eigenvalue weighted by Gasteiger charge is 2.25. The van der Waals surface area contributed by atoms with Gasteiger partial charge in [0.2, 0.25) is 5.78 Å². The van der Waals surface area contributed by atoms with E-state index in [2.05, 4.69) is 0 Å². The molecule has 0 bridgehead atoms. The quantitative estimate of drug-likeness (QED) is 0.357. The van der Waals surface area contributed by atoms with Gasteiger partial charge in [0.1, 0.15) is 0 Å². The lowest BCUT2D eigenvalue weighted by molar-refractivity contribution is -0.142. The van der Waals surface area contributed by atoms with Crippen molar-refractivity contribution in [3.63, 3.8) is 0 Å². The molecule has 1 rings (SSSR count). The maximum atomic E-state index is 11.1. The highest BCUT2D eigenvalue weighted by atomic mass is 16.2. The molecule has 0 atom stereocenters. The van der Waals surface area contributed by atoms with Gasteiger partial charge in [-0.1, -0.05) is 19.3 Å². The summed E-state index contributed by atoms with van der Waals surface area (Å²) in [5, 5.41) is 0. The summed E-state index contributed by atoms with van der Waals surface area (Å²) in [5.41, 5.74) is 0. The van der Waals surface area contributed by atoms with Crippen molar-refractivity contribution in [1.29, 1.82) is 0 Å². The van der Waals surface area contributed by atoms with Gasteiger partial charge in [0, 0.05) is 5.92 Å². The first-order chi connectivity index (χ1) is 5.75. The van der Waals surface area contributed by atoms with Crippen molar-refractivity contribution < 1.29 is 14.4 Å². The van der Waals surface area contributed by atoms with Crippen molar-refractivity contribution in [1.82, 2.24) is 0 Å². The van der Waals surface area contributed by atoms with Crippen LogP contribution in [-0.4, -0.2) is 17.9 Å². The minimum Gasteiger partial charge on any atom is -0.294 e. The van der Waals surface area contributed by atoms with Crippen LogP contribution in [0.15, 0.2) is 0 Å². The monoisotopic (exact) mass is 168 g/mol. The topological polar surface area (TPSA) is 51.2 Å². The minimum atomic E-state index is -0.859. The zero-order valence-electron chi connectivity index (χ0n) is 6.91. The molecule has 0 spiro atoms. The Kier molecular flexibility index (Phi) is 3.14. The Labute approximate surface area is 71.1 Å². The molecule has 0 aromatic rings. The summed E-state index contributed by atoms with van der Waals surface area (Å²) < 4.78 is 0. The maximum absolute atomic E-state index is 11.1. The van der Waals surface area contributed by atoms with Crippen LogP contribution in [0.1, 0.15) is 32.1 Å². The fraction of sp³-hybridized carbons (Fsp3) is 0.667. The summed E-state index contributed by atoms with van der Waals surface area (Å²) in [7, 11) is 0. The number of rotatable bonds is 3. The van der Waals surface area contributed by atoms with E-state index >= 15 is 0 Å². The summed E-state index contributed by atoms with van der Waals surface area (Å²) in [6, 6.07) is 0. The molecular weight excluding hydrogens is 156 g/mol. The van der Waals surface area contributed by atoms with E-state index in [4.69, 9.17) is 0 Å². The van der Waals surface area contributed by atoms with Gasteiger partial charge in [0.25, 0.3) is 5.78 Å². The van der Waals surface area contributed by atoms with Gasteiger partial charge in [0.15, 0.2) is 6.29 Å². The van der Waals surface area contributed by atoms with E-state index in [0.717, 1.165) is 32.1 Å². The SMILES string of the molecule is O=CC(=O)C(=O)C1CCCCC1. The Hall–Kier alpha value is -0.990. The number of hydrogen-bond donors (Lipinski definition) is 0. The van der Waals surface area contributed by atoms with Crippen LogP contribution >= 0.6 is 0 Å². The van der Waals surface area contributed by atoms with E-state index < -0.39 is 11.6 Å². The van der Waals surface area contributed by atoms with Gasteiger partial charge in [-0.3, -0.25) is 14.4 Å². The largest absolute Gasteiger partial charge is 0.294 e. The van der Waals surface area contributed by atoms with Crippen molar-refractivity contribution in [3.8, 4) is 0 Å². The fourth-order valence-electron chi connectivity index (χ4n) is 1.62. The summed E-state index contributed by atoms with van der Waals surface area (Å²) >= 11 is 0. The van der Waals surface area contributed by atoms with Crippen molar-refractivity contribution in [2.75, 3.05) is 0 Å². The third-order valence-corrected chi connectivity index (χ3v) is 2.33. The third kappa shape index (κ3) is 2.00. The number of Topliss-reactive ketones (excluding diaryl/α,β-unsaturated/α-hetero) is 2. The summed E-state index contributed by atoms with van der Waals surface area (Å²) in [6.07, 6.45) is 4.82. The molecular formula is C9H12O3. The Morgan fingerprint density at radius 1 is 1.08 bits per heavy atom. The van der Waals surface area contributed by atoms with Gasteiger partial charge >= 0.3 is 0 Å². The molecule has 1 saturated carbocycles. The molecule has 1 fully saturated rings. The minimum absolute atomic E-state index is 0.122. The molecule has 66 valence electrons. The second-order valence-electron chi connectivity index (χ2n) is 3.18. The number of ketones is 2. The van der Waals surface area contributed by atoms with Gasteiger partial charge < -0.3 is 0 Å². The molecule has 0 saturated heterocycles. The molecule has 0 N–H and O–H groups in total. The molecule has 1 aliphatic carbocycles. The molecule has 3 heteroatoms. The van der Waals surface area contributed by atoms with Crippen molar-refractivity contribution in [2.24, 2.45) is 5.92 Å². The molecule has 3 nitrogen and oxygen atoms in total. The normalized spacial score (nSPS) is 18.7. The summed E-state index contributed by atoms with van der Waals surface area (Å²) in [5.74, 6) is -1.51. The standard InChI is InChI=1S/C9H12O3/c10-6-8(11)9(12)7-4-2-1-3-5-7/h6-7H,1-5H2. The average Bonchev–Trinajstić information content (AvgIpc) is 2.17. The molecule has 0 aromatic heterocycles. The second kappa shape index (κ2) is 4.14. The maximum Gasteiger partial charge on any atom is 0.261 e. The first kappa shape index (κ1) is 9.10. The first-order valence-corrected chi connectivity index (χ1v) is 4.29. The zero-order valence-corrected chi connectivity index (χ0v) is 6.91. The summed E-state index contributed by atoms with van der Waals surface area (Å²) in [6.45, 7) is 0. The van der Waals surface area contributed by atoms with Gasteiger partial charge in [-0.15, -0.1) is 0 Å². The van der Waals surface area contributed by atoms with E-state index in [0.29, 0.717) is 0 Å². The number of aldehydes is 1. The van der Waals surface area contributed by atoms with Gasteiger partial charge in [0.05, 0.1) is 0 Å². The van der Waals surface area contributed by atoms with Crippen LogP contribution in [0.3, 0.4) is 0 Å². The fourth-order valence-corrected chi connectivity index (χ4v) is 1.62. The highest BCUT2D eigenvalue weighted by Crippen LogP contribution is 2.24. The Balaban J connectivity index is 2.50. The highest BCUT2D eigenvalue weighted by molar-refractivity contribution is 6.58. The Morgan fingerprint density at radius 2 is 1.67 bits per heavy atom. The Morgan fingerprint density at radius 3 is 2.17 bits per heavy atom. The van der Waals surface area contributed by atoms with Crippen molar-refractivity contribution in [2.45, 2.75) is 32.1 Å². The molecule has 0 heterocycles. The predicted molar refractivity (Wildman–Crippen MR) is 42.7 cm³/mol. The molecule has 0 unspecified atom stereocenters. The second-order valence-corrected chi connectivity index (χ2v) is 3.18. The van der Waals surface area contributed by atoms with Crippen molar-refractivity contribution in [3.05, 3.63) is 0 Å². The van der Waals surface area contributed by atoms with Crippen LogP contribution in [0.4, 0.5) is 0 Å². The van der Waals surface area contributed by atoms with E-state index in [1.54, 1.807) is 0 Å². The lowest BCUT2D eigenvalue weighted by atomic mass is 9.85. The molecule has 0 aromatic carbocycles. The lowest BCUT2D eigenvalue weighted by Crippen LogP contribution is -2.26. The van der Waals surface area contributed by atoms with Crippen LogP contribution in [0.5, 0.6) is 0 Å². The number of carbonyl (C=O) groups excluding carboxylic acids is 3. The van der Waals surface area contributed by atoms with E-state index in [9.17, 15) is 14.4 Å². The van der Waals surface area contributed by atoms with E-state index in [-0.39, 0.29) is 12.2 Å². The van der Waals surface area contributed by atoms with Crippen LogP contribution in [-0.2, 0) is 14.4 Å². The van der Waals surface area contributed by atoms with E-state index in [1.807, 2.05) is 0 Å². The van der Waals surface area contributed by atoms with Gasteiger partial charge in [-0.05, 0) is 12.8 Å². The molecule has 1 aliphatic rings. The zero-order chi connectivity index (χ0) is 8.97. The average molecular weight is 168 g/mol. The van der Waals surface area contributed by atoms with Crippen LogP contribution in [0.2, 0.25) is 0 Å². The van der Waals surface area contributed by atoms with Crippen LogP contribution in [0, 0.1) is 5.92 Å². The first-order valence-electron chi connectivity index (χ1n) is 4.29. The van der Waals surface area contributed by atoms with Gasteiger partial charge in [-0.2, -0.15) is 0 Å². The molecule has 12 heavy (non-hydrogen) atoms. The molecule has 0 amide bonds. The third-order valence-electron chi connectivity index (χ3n) is 2.33. The summed E-state index contributed by atoms with van der Waals surface area (Å²) in [4.78, 5) is 31.9. The van der Waals surface area contributed by atoms with Crippen LogP contribution < -0.4 is 0 Å². The van der Waals surface area contributed by atoms with Crippen molar-refractivity contribution >= 4 is 17.9 Å². The number of carbonyl (C=O) groups is 3. The lowest BCUT2D eigenvalue weighted by Gasteiger charge is -2.18. The smallest absolute Gasteiger partial charge is 0.261 e. The molecule has 0 aliphatic heterocycles. The molecule has 0 radical (unpaired) electrons. The predicted octanol–water partition coefficient (Wildman–Crippen LogP) is 0.904.